The third-order valence-electron chi connectivity index (χ3n) is 2.89. The van der Waals surface area contributed by atoms with Crippen molar-refractivity contribution in [2.45, 2.75) is 33.4 Å². The second kappa shape index (κ2) is 6.40. The van der Waals surface area contributed by atoms with Crippen LogP contribution in [0.1, 0.15) is 36.7 Å². The van der Waals surface area contributed by atoms with Gasteiger partial charge in [-0.2, -0.15) is 0 Å². The first-order valence-corrected chi connectivity index (χ1v) is 5.93. The summed E-state index contributed by atoms with van der Waals surface area (Å²) in [7, 11) is 1.66. The third kappa shape index (κ3) is 4.19. The SMILES string of the molecule is COCc1ccc(C(=O)NC(C)C(C)C)cc1. The van der Waals surface area contributed by atoms with Gasteiger partial charge in [0.15, 0.2) is 0 Å². The highest BCUT2D eigenvalue weighted by Crippen LogP contribution is 2.07. The van der Waals surface area contributed by atoms with Crippen molar-refractivity contribution in [1.82, 2.24) is 5.32 Å². The number of carbonyl (C=O) groups is 1. The summed E-state index contributed by atoms with van der Waals surface area (Å²) in [4.78, 5) is 11.9. The van der Waals surface area contributed by atoms with E-state index in [4.69, 9.17) is 4.74 Å². The number of hydrogen-bond donors (Lipinski definition) is 1. The first kappa shape index (κ1) is 13.7. The topological polar surface area (TPSA) is 38.3 Å². The van der Waals surface area contributed by atoms with Gasteiger partial charge in [0.05, 0.1) is 6.61 Å². The van der Waals surface area contributed by atoms with E-state index >= 15 is 0 Å². The summed E-state index contributed by atoms with van der Waals surface area (Å²) in [6.07, 6.45) is 0. The van der Waals surface area contributed by atoms with E-state index in [1.807, 2.05) is 31.2 Å². The lowest BCUT2D eigenvalue weighted by Crippen LogP contribution is -2.36. The predicted octanol–water partition coefficient (Wildman–Crippen LogP) is 2.61. The highest BCUT2D eigenvalue weighted by Gasteiger charge is 2.12. The van der Waals surface area contributed by atoms with Gasteiger partial charge in [-0.1, -0.05) is 26.0 Å². The van der Waals surface area contributed by atoms with Crippen LogP contribution in [0.25, 0.3) is 0 Å². The van der Waals surface area contributed by atoms with E-state index < -0.39 is 0 Å². The van der Waals surface area contributed by atoms with Gasteiger partial charge < -0.3 is 10.1 Å². The normalized spacial score (nSPS) is 12.5. The molecular formula is C14H21NO2. The minimum Gasteiger partial charge on any atom is -0.380 e. The molecule has 0 aliphatic carbocycles. The van der Waals surface area contributed by atoms with Gasteiger partial charge in [-0.05, 0) is 30.5 Å². The molecule has 0 aliphatic rings. The maximum absolute atomic E-state index is 11.9. The summed E-state index contributed by atoms with van der Waals surface area (Å²) in [5.41, 5.74) is 1.76. The second-order valence-corrected chi connectivity index (χ2v) is 4.64. The van der Waals surface area contributed by atoms with Gasteiger partial charge in [-0.3, -0.25) is 4.79 Å². The smallest absolute Gasteiger partial charge is 0.251 e. The zero-order chi connectivity index (χ0) is 12.8. The zero-order valence-electron chi connectivity index (χ0n) is 11.0. The number of nitrogens with one attached hydrogen (secondary N) is 1. The van der Waals surface area contributed by atoms with E-state index in [0.717, 1.165) is 5.56 Å². The molecule has 94 valence electrons. The Morgan fingerprint density at radius 3 is 2.29 bits per heavy atom. The van der Waals surface area contributed by atoms with Crippen molar-refractivity contribution in [2.24, 2.45) is 5.92 Å². The molecule has 1 aromatic carbocycles. The van der Waals surface area contributed by atoms with E-state index in [9.17, 15) is 4.79 Å². The molecule has 0 bridgehead atoms. The molecular weight excluding hydrogens is 214 g/mol. The monoisotopic (exact) mass is 235 g/mol. The van der Waals surface area contributed by atoms with Crippen LogP contribution >= 0.6 is 0 Å². The highest BCUT2D eigenvalue weighted by atomic mass is 16.5. The van der Waals surface area contributed by atoms with Crippen molar-refractivity contribution in [3.8, 4) is 0 Å². The Morgan fingerprint density at radius 1 is 1.24 bits per heavy atom. The van der Waals surface area contributed by atoms with E-state index in [-0.39, 0.29) is 11.9 Å². The molecule has 1 aromatic rings. The minimum absolute atomic E-state index is 0.0184. The molecule has 3 heteroatoms. The van der Waals surface area contributed by atoms with Crippen molar-refractivity contribution in [2.75, 3.05) is 7.11 Å². The number of hydrogen-bond acceptors (Lipinski definition) is 2. The first-order valence-electron chi connectivity index (χ1n) is 5.93. The Kier molecular flexibility index (Phi) is 5.16. The quantitative estimate of drug-likeness (QED) is 0.852. The number of benzene rings is 1. The van der Waals surface area contributed by atoms with Crippen molar-refractivity contribution in [3.05, 3.63) is 35.4 Å². The van der Waals surface area contributed by atoms with E-state index in [2.05, 4.69) is 19.2 Å². The maximum atomic E-state index is 11.9. The molecule has 1 amide bonds. The Hall–Kier alpha value is -1.35. The fourth-order valence-electron chi connectivity index (χ4n) is 1.38. The average Bonchev–Trinajstić information content (AvgIpc) is 2.30. The van der Waals surface area contributed by atoms with Gasteiger partial charge in [0, 0.05) is 18.7 Å². The lowest BCUT2D eigenvalue weighted by atomic mass is 10.1. The van der Waals surface area contributed by atoms with Gasteiger partial charge in [0.25, 0.3) is 5.91 Å². The molecule has 0 radical (unpaired) electrons. The van der Waals surface area contributed by atoms with Gasteiger partial charge in [0.2, 0.25) is 0 Å². The molecule has 1 rings (SSSR count). The summed E-state index contributed by atoms with van der Waals surface area (Å²) in [5.74, 6) is 0.418. The molecule has 0 saturated heterocycles. The van der Waals surface area contributed by atoms with E-state index in [1.54, 1.807) is 7.11 Å². The van der Waals surface area contributed by atoms with Crippen molar-refractivity contribution in [1.29, 1.82) is 0 Å². The average molecular weight is 235 g/mol. The lowest BCUT2D eigenvalue weighted by molar-refractivity contribution is 0.0930. The fraction of sp³-hybridized carbons (Fsp3) is 0.500. The molecule has 0 aromatic heterocycles. The van der Waals surface area contributed by atoms with Crippen LogP contribution in [0.15, 0.2) is 24.3 Å². The van der Waals surface area contributed by atoms with Gasteiger partial charge in [0.1, 0.15) is 0 Å². The largest absolute Gasteiger partial charge is 0.380 e. The van der Waals surface area contributed by atoms with Crippen molar-refractivity contribution < 1.29 is 9.53 Å². The van der Waals surface area contributed by atoms with Crippen molar-refractivity contribution >= 4 is 5.91 Å². The number of ether oxygens (including phenoxy) is 1. The van der Waals surface area contributed by atoms with E-state index in [0.29, 0.717) is 18.1 Å². The summed E-state index contributed by atoms with van der Waals surface area (Å²) in [5, 5.41) is 2.98. The molecule has 3 nitrogen and oxygen atoms in total. The number of methoxy groups -OCH3 is 1. The Bertz CT molecular complexity index is 357. The van der Waals surface area contributed by atoms with Gasteiger partial charge in [-0.25, -0.2) is 0 Å². The van der Waals surface area contributed by atoms with Crippen LogP contribution in [0.5, 0.6) is 0 Å². The van der Waals surface area contributed by atoms with Crippen LogP contribution < -0.4 is 5.32 Å². The molecule has 0 heterocycles. The van der Waals surface area contributed by atoms with Crippen LogP contribution in [0.3, 0.4) is 0 Å². The predicted molar refractivity (Wildman–Crippen MR) is 68.9 cm³/mol. The lowest BCUT2D eigenvalue weighted by Gasteiger charge is -2.17. The molecule has 1 N–H and O–H groups in total. The molecule has 0 spiro atoms. The molecule has 0 aliphatic heterocycles. The Labute approximate surface area is 103 Å². The summed E-state index contributed by atoms with van der Waals surface area (Å²) < 4.78 is 5.02. The van der Waals surface area contributed by atoms with Crippen LogP contribution in [-0.2, 0) is 11.3 Å². The third-order valence-corrected chi connectivity index (χ3v) is 2.89. The van der Waals surface area contributed by atoms with Crippen LogP contribution in [-0.4, -0.2) is 19.1 Å². The molecule has 1 atom stereocenters. The first-order chi connectivity index (χ1) is 8.04. The van der Waals surface area contributed by atoms with Crippen LogP contribution in [0, 0.1) is 5.92 Å². The Balaban J connectivity index is 2.63. The van der Waals surface area contributed by atoms with Crippen LogP contribution in [0.2, 0.25) is 0 Å². The van der Waals surface area contributed by atoms with Crippen molar-refractivity contribution in [3.63, 3.8) is 0 Å². The summed E-state index contributed by atoms with van der Waals surface area (Å²) >= 11 is 0. The van der Waals surface area contributed by atoms with E-state index in [1.165, 1.54) is 0 Å². The van der Waals surface area contributed by atoms with Crippen LogP contribution in [0.4, 0.5) is 0 Å². The minimum atomic E-state index is -0.0184. The second-order valence-electron chi connectivity index (χ2n) is 4.64. The molecule has 17 heavy (non-hydrogen) atoms. The summed E-state index contributed by atoms with van der Waals surface area (Å²) in [6.45, 7) is 6.77. The standard InChI is InChI=1S/C14H21NO2/c1-10(2)11(3)15-14(16)13-7-5-12(6-8-13)9-17-4/h5-8,10-11H,9H2,1-4H3,(H,15,16). The number of rotatable bonds is 5. The fourth-order valence-corrected chi connectivity index (χ4v) is 1.38. The number of amides is 1. The molecule has 0 saturated carbocycles. The summed E-state index contributed by atoms with van der Waals surface area (Å²) in [6, 6.07) is 7.67. The van der Waals surface area contributed by atoms with Gasteiger partial charge in [-0.15, -0.1) is 0 Å². The Morgan fingerprint density at radius 2 is 1.82 bits per heavy atom. The zero-order valence-corrected chi connectivity index (χ0v) is 11.0. The number of carbonyl (C=O) groups excluding carboxylic acids is 1. The molecule has 0 fully saturated rings. The highest BCUT2D eigenvalue weighted by molar-refractivity contribution is 5.94. The van der Waals surface area contributed by atoms with Gasteiger partial charge >= 0.3 is 0 Å². The maximum Gasteiger partial charge on any atom is 0.251 e. The molecule has 1 unspecified atom stereocenters.